The quantitative estimate of drug-likeness (QED) is 0.115. The predicted octanol–water partition coefficient (Wildman–Crippen LogP) is 9.81. The first-order valence-electron chi connectivity index (χ1n) is 24.8. The maximum absolute atomic E-state index is 14.1. The summed E-state index contributed by atoms with van der Waals surface area (Å²) in [4.78, 5) is 73.5. The number of alkyl carbamates (subject to hydrolysis) is 2. The van der Waals surface area contributed by atoms with Crippen LogP contribution >= 0.6 is 0 Å². The fourth-order valence-electron chi connectivity index (χ4n) is 12.1. The zero-order valence-electron chi connectivity index (χ0n) is 40.3. The van der Waals surface area contributed by atoms with Crippen molar-refractivity contribution in [3.05, 3.63) is 95.7 Å². The Morgan fingerprint density at radius 3 is 1.90 bits per heavy atom. The van der Waals surface area contributed by atoms with Crippen LogP contribution in [0.15, 0.2) is 73.0 Å². The first kappa shape index (κ1) is 45.6. The highest BCUT2D eigenvalue weighted by atomic mass is 16.5. The van der Waals surface area contributed by atoms with Gasteiger partial charge in [0.15, 0.2) is 0 Å². The number of allylic oxidation sites excluding steroid dienone is 5. The van der Waals surface area contributed by atoms with E-state index in [-0.39, 0.29) is 53.2 Å². The number of hydrogen-bond donors (Lipinski definition) is 4. The van der Waals surface area contributed by atoms with Crippen LogP contribution in [0.25, 0.3) is 33.4 Å². The van der Waals surface area contributed by atoms with E-state index < -0.39 is 24.3 Å². The molecule has 8 atom stereocenters. The Kier molecular flexibility index (Phi) is 12.1. The lowest BCUT2D eigenvalue weighted by Gasteiger charge is -2.31. The molecule has 4 aromatic rings. The maximum Gasteiger partial charge on any atom is 0.407 e. The second-order valence-electron chi connectivity index (χ2n) is 21.2. The van der Waals surface area contributed by atoms with Crippen LogP contribution in [0.5, 0.6) is 0 Å². The first-order valence-corrected chi connectivity index (χ1v) is 24.8. The van der Waals surface area contributed by atoms with Crippen molar-refractivity contribution in [1.82, 2.24) is 40.4 Å². The van der Waals surface area contributed by atoms with Gasteiger partial charge in [0.05, 0.1) is 49.2 Å². The minimum Gasteiger partial charge on any atom is -0.453 e. The van der Waals surface area contributed by atoms with Crippen molar-refractivity contribution in [2.45, 2.75) is 135 Å². The average Bonchev–Trinajstić information content (AvgIpc) is 3.79. The van der Waals surface area contributed by atoms with E-state index >= 15 is 0 Å². The highest BCUT2D eigenvalue weighted by molar-refractivity contribution is 5.89. The molecule has 0 bridgehead atoms. The topological polar surface area (TPSA) is 175 Å². The van der Waals surface area contributed by atoms with Crippen molar-refractivity contribution in [1.29, 1.82) is 0 Å². The molecule has 0 radical (unpaired) electrons. The molecule has 10 rings (SSSR count). The van der Waals surface area contributed by atoms with Crippen molar-refractivity contribution in [2.75, 3.05) is 14.2 Å². The molecule has 1 spiro atoms. The molecule has 2 saturated heterocycles. The Labute approximate surface area is 398 Å². The summed E-state index contributed by atoms with van der Waals surface area (Å²) in [6.07, 6.45) is 16.7. The number of ether oxygens (including phenoxy) is 2. The van der Waals surface area contributed by atoms with Crippen molar-refractivity contribution < 1.29 is 28.7 Å². The van der Waals surface area contributed by atoms with Crippen LogP contribution in [0, 0.1) is 29.1 Å². The molecule has 2 aromatic heterocycles. The smallest absolute Gasteiger partial charge is 0.407 e. The molecule has 3 saturated carbocycles. The molecule has 4 aliphatic carbocycles. The van der Waals surface area contributed by atoms with Gasteiger partial charge in [0.25, 0.3) is 0 Å². The van der Waals surface area contributed by atoms with Gasteiger partial charge in [-0.25, -0.2) is 19.6 Å². The number of likely N-dealkylation sites (tertiary alicyclic amines) is 2. The van der Waals surface area contributed by atoms with Crippen molar-refractivity contribution >= 4 is 46.2 Å². The molecule has 6 aliphatic rings. The van der Waals surface area contributed by atoms with Crippen molar-refractivity contribution in [3.8, 4) is 11.3 Å². The number of aromatic nitrogens is 4. The van der Waals surface area contributed by atoms with Crippen LogP contribution in [-0.2, 0) is 19.1 Å². The Hall–Kier alpha value is -6.18. The normalized spacial score (nSPS) is 26.6. The monoisotopic (exact) mass is 923 g/mol. The van der Waals surface area contributed by atoms with E-state index in [1.807, 2.05) is 43.7 Å². The average molecular weight is 923 g/mol. The Balaban J connectivity index is 0.901. The van der Waals surface area contributed by atoms with Gasteiger partial charge >= 0.3 is 12.2 Å². The lowest BCUT2D eigenvalue weighted by molar-refractivity contribution is -0.137. The lowest BCUT2D eigenvalue weighted by atomic mass is 9.74. The Morgan fingerprint density at radius 2 is 1.31 bits per heavy atom. The van der Waals surface area contributed by atoms with E-state index in [9.17, 15) is 19.2 Å². The SMILES string of the molecule is C=C1CC2(CCCC2)CC/C(c2ccc3nc([C@@H]4CC5CC5N4C(=O)[C@@H](NC(=O)OC)C(C)C)[nH]c3c2)=C\C=C1c1ccc(-c2cnc([C@@H]3CC4CC4N3C(=O)[C@@H](NC(=O)OC)C(C)C)[nH]2)cc1. The number of methoxy groups -OCH3 is 2. The minimum absolute atomic E-state index is 0.0858. The highest BCUT2D eigenvalue weighted by Gasteiger charge is 2.57. The number of amides is 4. The molecule has 14 heteroatoms. The third kappa shape index (κ3) is 8.63. The molecule has 2 aliphatic heterocycles. The number of nitrogens with zero attached hydrogens (tertiary/aromatic N) is 4. The van der Waals surface area contributed by atoms with Gasteiger partial charge in [0, 0.05) is 12.1 Å². The predicted molar refractivity (Wildman–Crippen MR) is 260 cm³/mol. The largest absolute Gasteiger partial charge is 0.453 e. The zero-order valence-corrected chi connectivity index (χ0v) is 40.3. The lowest BCUT2D eigenvalue weighted by Crippen LogP contribution is -2.52. The molecule has 14 nitrogen and oxygen atoms in total. The van der Waals surface area contributed by atoms with Gasteiger partial charge in [0.2, 0.25) is 11.8 Å². The van der Waals surface area contributed by atoms with Crippen LogP contribution in [0.3, 0.4) is 0 Å². The summed E-state index contributed by atoms with van der Waals surface area (Å²) in [5.41, 5.74) is 9.75. The van der Waals surface area contributed by atoms with E-state index in [0.717, 1.165) is 101 Å². The van der Waals surface area contributed by atoms with E-state index in [4.69, 9.17) is 26.0 Å². The molecule has 2 aromatic carbocycles. The fraction of sp³-hybridized carbons (Fsp3) is 0.519. The summed E-state index contributed by atoms with van der Waals surface area (Å²) >= 11 is 0. The standard InChI is InChI=1S/C54H66N8O6/c1-29(2)46(59-52(65)67-6)50(63)61-42-23-36(42)25-44(61)48-55-28-41(58-48)34-12-10-33(11-13-34)38-16-14-32(18-21-54(27-31(38)5)19-8-9-20-54)35-15-17-39-40(22-35)57-49(56-39)45-26-37-24-43(37)62(45)51(64)47(30(3)4)60-53(66)68-7/h10-17,22,28-30,36-37,42-47H,5,8-9,18-21,23-27H2,1-4,6-7H3,(H,55,58)(H,56,57)(H,59,65)(H,60,66)/b32-14+,38-16?/t36?,37?,42?,43?,44-,45-,46-,47-/m0/s1. The van der Waals surface area contributed by atoms with Crippen LogP contribution in [0.1, 0.15) is 133 Å². The molecule has 5 fully saturated rings. The van der Waals surface area contributed by atoms with E-state index in [1.54, 1.807) is 0 Å². The van der Waals surface area contributed by atoms with Crippen molar-refractivity contribution in [3.63, 3.8) is 0 Å². The summed E-state index contributed by atoms with van der Waals surface area (Å²) in [5.74, 6) is 2.05. The molecule has 68 heavy (non-hydrogen) atoms. The maximum atomic E-state index is 14.1. The van der Waals surface area contributed by atoms with Gasteiger partial charge in [-0.05, 0) is 132 Å². The number of imidazole rings is 2. The number of piperidine rings is 2. The molecule has 4 N–H and O–H groups in total. The fourth-order valence-corrected chi connectivity index (χ4v) is 12.1. The second-order valence-corrected chi connectivity index (χ2v) is 21.2. The van der Waals surface area contributed by atoms with Crippen LogP contribution in [0.2, 0.25) is 0 Å². The Morgan fingerprint density at radius 1 is 0.735 bits per heavy atom. The molecule has 358 valence electrons. The summed E-state index contributed by atoms with van der Waals surface area (Å²) in [6.45, 7) is 12.5. The third-order valence-corrected chi connectivity index (χ3v) is 16.1. The zero-order chi connectivity index (χ0) is 47.6. The summed E-state index contributed by atoms with van der Waals surface area (Å²) in [5, 5.41) is 5.55. The van der Waals surface area contributed by atoms with E-state index in [1.165, 1.54) is 45.5 Å². The summed E-state index contributed by atoms with van der Waals surface area (Å²) < 4.78 is 9.71. The van der Waals surface area contributed by atoms with E-state index in [2.05, 4.69) is 75.2 Å². The molecule has 4 heterocycles. The Bertz CT molecular complexity index is 2690. The highest BCUT2D eigenvalue weighted by Crippen LogP contribution is 2.55. The van der Waals surface area contributed by atoms with Gasteiger partial charge in [-0.1, -0.05) is 89.6 Å². The van der Waals surface area contributed by atoms with Gasteiger partial charge in [0.1, 0.15) is 23.7 Å². The number of benzene rings is 2. The number of carbonyl (C=O) groups excluding carboxylic acids is 4. The summed E-state index contributed by atoms with van der Waals surface area (Å²) in [7, 11) is 2.63. The second kappa shape index (κ2) is 18.0. The number of fused-ring (bicyclic) bond motifs is 3. The first-order chi connectivity index (χ1) is 32.7. The number of H-pyrrole nitrogens is 2. The van der Waals surface area contributed by atoms with Crippen LogP contribution in [-0.4, -0.2) is 92.1 Å². The molecular weight excluding hydrogens is 857 g/mol. The van der Waals surface area contributed by atoms with Gasteiger partial charge in [-0.2, -0.15) is 0 Å². The minimum atomic E-state index is -0.683. The van der Waals surface area contributed by atoms with Crippen LogP contribution in [0.4, 0.5) is 9.59 Å². The van der Waals surface area contributed by atoms with Gasteiger partial charge in [-0.3, -0.25) is 9.59 Å². The number of carbonyl (C=O) groups is 4. The number of aromatic amines is 2. The van der Waals surface area contributed by atoms with Crippen molar-refractivity contribution in [2.24, 2.45) is 29.1 Å². The summed E-state index contributed by atoms with van der Waals surface area (Å²) in [6, 6.07) is 13.7. The number of hydrogen-bond acceptors (Lipinski definition) is 8. The molecular formula is C54H66N8O6. The van der Waals surface area contributed by atoms with Gasteiger partial charge < -0.3 is 39.9 Å². The van der Waals surface area contributed by atoms with Crippen LogP contribution < -0.4 is 10.6 Å². The van der Waals surface area contributed by atoms with Gasteiger partial charge in [-0.15, -0.1) is 0 Å². The molecule has 4 unspecified atom stereocenters. The number of rotatable bonds is 11. The van der Waals surface area contributed by atoms with E-state index in [0.29, 0.717) is 11.8 Å². The third-order valence-electron chi connectivity index (χ3n) is 16.1. The number of nitrogens with one attached hydrogen (secondary N) is 4. The molecule has 4 amide bonds.